The number of aromatic amines is 1. The molecule has 2 aliphatic carbocycles. The molecule has 1 fully saturated rings. The van der Waals surface area contributed by atoms with Gasteiger partial charge in [0.1, 0.15) is 0 Å². The fraction of sp³-hybridized carbons (Fsp3) is 0.548. The Morgan fingerprint density at radius 3 is 2.49 bits per heavy atom. The van der Waals surface area contributed by atoms with Gasteiger partial charge in [0.05, 0.1) is 33.0 Å². The first-order valence-corrected chi connectivity index (χ1v) is 14.0. The second-order valence-corrected chi connectivity index (χ2v) is 12.1. The van der Waals surface area contributed by atoms with Gasteiger partial charge in [0.25, 0.3) is 0 Å². The third-order valence-corrected chi connectivity index (χ3v) is 10.5. The summed E-state index contributed by atoms with van der Waals surface area (Å²) in [5, 5.41) is 16.6. The van der Waals surface area contributed by atoms with Crippen molar-refractivity contribution in [3.05, 3.63) is 46.1 Å². The van der Waals surface area contributed by atoms with Crippen LogP contribution in [-0.2, 0) is 29.5 Å². The Bertz CT molecular complexity index is 1470. The van der Waals surface area contributed by atoms with Gasteiger partial charge in [-0.05, 0) is 68.0 Å². The molecule has 7 rings (SSSR count). The number of phenolic OH excluding ortho intramolecular Hbond substituents is 1. The molecule has 2 spiro atoms. The van der Waals surface area contributed by atoms with Crippen LogP contribution in [0.2, 0.25) is 0 Å². The molecule has 0 saturated heterocycles. The van der Waals surface area contributed by atoms with Crippen molar-refractivity contribution in [3.63, 3.8) is 0 Å². The lowest BCUT2D eigenvalue weighted by Crippen LogP contribution is -2.63. The summed E-state index contributed by atoms with van der Waals surface area (Å²) in [5.74, 6) is 2.41. The highest BCUT2D eigenvalue weighted by Crippen LogP contribution is 2.62. The molecular weight excluding hydrogens is 494 g/mol. The Labute approximate surface area is 229 Å². The number of H-pyrrole nitrogens is 1. The van der Waals surface area contributed by atoms with Crippen LogP contribution in [0.5, 0.6) is 23.0 Å². The van der Waals surface area contributed by atoms with E-state index in [1.54, 1.807) is 21.3 Å². The smallest absolute Gasteiger partial charge is 0.162 e. The van der Waals surface area contributed by atoms with Gasteiger partial charge < -0.3 is 34.4 Å². The summed E-state index contributed by atoms with van der Waals surface area (Å²) in [4.78, 5) is 6.17. The van der Waals surface area contributed by atoms with Gasteiger partial charge in [0.15, 0.2) is 23.0 Å². The number of methoxy groups -OCH3 is 4. The number of hydrogen-bond acceptors (Lipinski definition) is 7. The number of nitrogens with zero attached hydrogens (tertiary/aromatic N) is 1. The molecule has 0 radical (unpaired) electrons. The Hall–Kier alpha value is -2.94. The van der Waals surface area contributed by atoms with E-state index in [9.17, 15) is 5.11 Å². The fourth-order valence-electron chi connectivity index (χ4n) is 8.43. The first-order chi connectivity index (χ1) is 18.9. The van der Waals surface area contributed by atoms with Gasteiger partial charge in [0, 0.05) is 66.3 Å². The molecule has 2 aliphatic heterocycles. The highest BCUT2D eigenvalue weighted by atomic mass is 16.5. The minimum atomic E-state index is -0.177. The van der Waals surface area contributed by atoms with Crippen molar-refractivity contribution in [2.75, 3.05) is 42.0 Å². The minimum Gasteiger partial charge on any atom is -0.504 e. The minimum absolute atomic E-state index is 0.00148. The predicted octanol–water partition coefficient (Wildman–Crippen LogP) is 4.35. The van der Waals surface area contributed by atoms with E-state index in [1.807, 2.05) is 13.2 Å². The van der Waals surface area contributed by atoms with Crippen molar-refractivity contribution >= 4 is 10.9 Å². The molecule has 1 aromatic heterocycles. The lowest BCUT2D eigenvalue weighted by Gasteiger charge is -2.52. The number of aromatic hydroxyl groups is 1. The summed E-state index contributed by atoms with van der Waals surface area (Å²) >= 11 is 0. The van der Waals surface area contributed by atoms with Gasteiger partial charge in [0.2, 0.25) is 0 Å². The third kappa shape index (κ3) is 3.41. The number of hydrogen-bond donors (Lipinski definition) is 3. The molecular formula is C31H39N3O5. The highest BCUT2D eigenvalue weighted by Gasteiger charge is 2.57. The number of rotatable bonds is 4. The third-order valence-electron chi connectivity index (χ3n) is 10.5. The van der Waals surface area contributed by atoms with Crippen molar-refractivity contribution in [2.24, 2.45) is 0 Å². The summed E-state index contributed by atoms with van der Waals surface area (Å²) in [6.45, 7) is 1.79. The number of ether oxygens (including phenoxy) is 4. The van der Waals surface area contributed by atoms with Crippen LogP contribution in [-0.4, -0.2) is 68.7 Å². The number of likely N-dealkylation sites (N-methyl/N-ethyl adjacent to an activating group) is 1. The van der Waals surface area contributed by atoms with Gasteiger partial charge in [-0.3, -0.25) is 4.90 Å². The number of aromatic nitrogens is 1. The molecule has 8 heteroatoms. The Morgan fingerprint density at radius 1 is 0.974 bits per heavy atom. The molecule has 3 N–H and O–H groups in total. The first kappa shape index (κ1) is 25.1. The number of fused-ring (bicyclic) bond motifs is 4. The van der Waals surface area contributed by atoms with Crippen molar-refractivity contribution in [1.82, 2.24) is 15.2 Å². The molecule has 0 bridgehead atoms. The molecule has 39 heavy (non-hydrogen) atoms. The number of benzene rings is 2. The highest BCUT2D eigenvalue weighted by molar-refractivity contribution is 5.88. The Morgan fingerprint density at radius 2 is 1.74 bits per heavy atom. The molecule has 3 heterocycles. The molecule has 208 valence electrons. The molecule has 0 amide bonds. The van der Waals surface area contributed by atoms with Crippen molar-refractivity contribution < 1.29 is 24.1 Å². The van der Waals surface area contributed by atoms with Crippen LogP contribution >= 0.6 is 0 Å². The SMILES string of the molecule is COc1cc2[nH]c3c(c2cc1OC)CNC1(CCC2(CC4c5c(cc(OC)c(O)c52)CCN4C)CC1OC)C3. The van der Waals surface area contributed by atoms with E-state index in [0.29, 0.717) is 17.5 Å². The maximum Gasteiger partial charge on any atom is 0.162 e. The van der Waals surface area contributed by atoms with E-state index in [-0.39, 0.29) is 17.1 Å². The van der Waals surface area contributed by atoms with Crippen LogP contribution in [0.3, 0.4) is 0 Å². The zero-order valence-corrected chi connectivity index (χ0v) is 23.6. The van der Waals surface area contributed by atoms with Gasteiger partial charge >= 0.3 is 0 Å². The van der Waals surface area contributed by atoms with E-state index in [1.165, 1.54) is 27.8 Å². The maximum atomic E-state index is 11.5. The Balaban J connectivity index is 1.26. The van der Waals surface area contributed by atoms with Crippen LogP contribution in [0, 0.1) is 0 Å². The van der Waals surface area contributed by atoms with Crippen LogP contribution in [0.1, 0.15) is 59.7 Å². The van der Waals surface area contributed by atoms with E-state index < -0.39 is 0 Å². The van der Waals surface area contributed by atoms with E-state index in [4.69, 9.17) is 18.9 Å². The summed E-state index contributed by atoms with van der Waals surface area (Å²) in [6, 6.07) is 6.50. The van der Waals surface area contributed by atoms with Gasteiger partial charge in [-0.15, -0.1) is 0 Å². The van der Waals surface area contributed by atoms with Crippen LogP contribution < -0.4 is 19.5 Å². The van der Waals surface area contributed by atoms with Crippen molar-refractivity contribution in [2.45, 2.75) is 68.2 Å². The average molecular weight is 534 g/mol. The lowest BCUT2D eigenvalue weighted by molar-refractivity contribution is -0.0449. The predicted molar refractivity (Wildman–Crippen MR) is 149 cm³/mol. The van der Waals surface area contributed by atoms with Crippen molar-refractivity contribution in [3.8, 4) is 23.0 Å². The van der Waals surface area contributed by atoms with E-state index >= 15 is 0 Å². The number of nitrogens with one attached hydrogen (secondary N) is 2. The average Bonchev–Trinajstić information content (AvgIpc) is 3.48. The van der Waals surface area contributed by atoms with Crippen LogP contribution in [0.25, 0.3) is 10.9 Å². The molecule has 8 nitrogen and oxygen atoms in total. The van der Waals surface area contributed by atoms with E-state index in [2.05, 4.69) is 34.4 Å². The topological polar surface area (TPSA) is 88.2 Å². The fourth-order valence-corrected chi connectivity index (χ4v) is 8.43. The standard InChI is InChI=1S/C31H39N3O5/c1-34-9-6-17-10-25(38-4)29(35)28-27(17)22(34)14-30(28)7-8-31(26(15-30)39-5)13-21-19(16-32-31)18-11-23(36-2)24(37-3)12-20(18)33-21/h10-12,22,26,32-33,35H,6-9,13-16H2,1-5H3. The first-order valence-electron chi connectivity index (χ1n) is 14.0. The molecule has 1 saturated carbocycles. The quantitative estimate of drug-likeness (QED) is 0.460. The van der Waals surface area contributed by atoms with Crippen LogP contribution in [0.4, 0.5) is 0 Å². The molecule has 4 unspecified atom stereocenters. The monoisotopic (exact) mass is 533 g/mol. The summed E-state index contributed by atoms with van der Waals surface area (Å²) in [5.41, 5.74) is 7.08. The maximum absolute atomic E-state index is 11.5. The summed E-state index contributed by atoms with van der Waals surface area (Å²) in [6.07, 6.45) is 5.69. The van der Waals surface area contributed by atoms with Crippen molar-refractivity contribution in [1.29, 1.82) is 0 Å². The van der Waals surface area contributed by atoms with Gasteiger partial charge in [-0.25, -0.2) is 0 Å². The normalized spacial score (nSPS) is 29.6. The summed E-state index contributed by atoms with van der Waals surface area (Å²) < 4.78 is 23.1. The Kier molecular flexibility index (Phi) is 5.64. The summed E-state index contributed by atoms with van der Waals surface area (Å²) in [7, 11) is 9.08. The lowest BCUT2D eigenvalue weighted by atomic mass is 9.61. The molecule has 4 atom stereocenters. The number of phenols is 1. The molecule has 2 aromatic carbocycles. The zero-order valence-electron chi connectivity index (χ0n) is 23.6. The second-order valence-electron chi connectivity index (χ2n) is 12.1. The van der Waals surface area contributed by atoms with E-state index in [0.717, 1.165) is 74.2 Å². The van der Waals surface area contributed by atoms with Gasteiger partial charge in [-0.2, -0.15) is 0 Å². The zero-order chi connectivity index (χ0) is 27.1. The molecule has 3 aromatic rings. The van der Waals surface area contributed by atoms with Crippen LogP contribution in [0.15, 0.2) is 18.2 Å². The largest absolute Gasteiger partial charge is 0.504 e. The second kappa shape index (κ2) is 8.78. The van der Waals surface area contributed by atoms with Gasteiger partial charge in [-0.1, -0.05) is 0 Å². The molecule has 4 aliphatic rings.